The molecule has 244 valence electrons. The van der Waals surface area contributed by atoms with Crippen molar-refractivity contribution in [2.45, 2.75) is 81.1 Å². The van der Waals surface area contributed by atoms with E-state index in [1.807, 2.05) is 24.9 Å². The number of nitrogens with two attached hydrogens (primary N) is 1. The van der Waals surface area contributed by atoms with Crippen LogP contribution in [-0.2, 0) is 23.0 Å². The number of halogens is 1. The van der Waals surface area contributed by atoms with Crippen LogP contribution in [0.1, 0.15) is 66.4 Å². The number of ether oxygens (including phenoxy) is 2. The number of hydrogen-bond donors (Lipinski definition) is 1. The van der Waals surface area contributed by atoms with Crippen LogP contribution in [0.3, 0.4) is 0 Å². The molecule has 3 aliphatic heterocycles. The minimum Gasteiger partial charge on any atom is -0.473 e. The second-order valence-electron chi connectivity index (χ2n) is 14.0. The van der Waals surface area contributed by atoms with Crippen LogP contribution in [0.25, 0.3) is 11.5 Å². The maximum atomic E-state index is 14.3. The topological polar surface area (TPSA) is 130 Å². The van der Waals surface area contributed by atoms with E-state index in [4.69, 9.17) is 29.7 Å². The molecule has 0 radical (unpaired) electrons. The fraction of sp³-hybridized carbons (Fsp3) is 0.636. The minimum atomic E-state index is -0.863. The van der Waals surface area contributed by atoms with Crippen LogP contribution in [0.2, 0.25) is 0 Å². The second kappa shape index (κ2) is 11.1. The normalized spacial score (nSPS) is 28.1. The van der Waals surface area contributed by atoms with Crippen molar-refractivity contribution in [2.75, 3.05) is 64.1 Å². The number of alkyl halides is 1. The van der Waals surface area contributed by atoms with Gasteiger partial charge < -0.3 is 24.6 Å². The van der Waals surface area contributed by atoms with Crippen LogP contribution in [0, 0.1) is 11.3 Å². The lowest BCUT2D eigenvalue weighted by Gasteiger charge is -2.54. The highest BCUT2D eigenvalue weighted by molar-refractivity contribution is 7.16. The fourth-order valence-corrected chi connectivity index (χ4v) is 9.81. The molecule has 3 fully saturated rings. The zero-order chi connectivity index (χ0) is 31.8. The SMILES string of the molecule is C[C@H](Oc1cc(N2CCN(C)C3(COC3)C2)nc(-c2noc3c2CCC[C@@]32CCCc3sc(N)c(C#N)c32)n1)[C@@H]1C[C@@H](F)CN1C. The van der Waals surface area contributed by atoms with Gasteiger partial charge in [-0.05, 0) is 71.5 Å². The third kappa shape index (κ3) is 4.63. The summed E-state index contributed by atoms with van der Waals surface area (Å²) in [5.41, 5.74) is 9.14. The number of thiophene rings is 1. The average molecular weight is 649 g/mol. The maximum absolute atomic E-state index is 14.3. The molecular formula is C33H41FN8O3S. The number of rotatable bonds is 5. The number of aryl methyl sites for hydroxylation is 1. The highest BCUT2D eigenvalue weighted by Crippen LogP contribution is 2.55. The summed E-state index contributed by atoms with van der Waals surface area (Å²) in [4.78, 5) is 17.9. The lowest BCUT2D eigenvalue weighted by atomic mass is 9.63. The van der Waals surface area contributed by atoms with Gasteiger partial charge in [0.15, 0.2) is 17.3 Å². The number of likely N-dealkylation sites (N-methyl/N-ethyl adjacent to an activating group) is 2. The first-order valence-corrected chi connectivity index (χ1v) is 17.3. The van der Waals surface area contributed by atoms with E-state index >= 15 is 0 Å². The Morgan fingerprint density at radius 3 is 2.72 bits per heavy atom. The molecule has 0 bridgehead atoms. The number of hydrogen-bond acceptors (Lipinski definition) is 12. The fourth-order valence-electron chi connectivity index (χ4n) is 8.65. The average Bonchev–Trinajstić information content (AvgIpc) is 3.71. The number of nitrogen functional groups attached to an aromatic ring is 1. The highest BCUT2D eigenvalue weighted by atomic mass is 32.1. The summed E-state index contributed by atoms with van der Waals surface area (Å²) in [7, 11) is 4.10. The van der Waals surface area contributed by atoms with E-state index < -0.39 is 11.6 Å². The van der Waals surface area contributed by atoms with E-state index in [2.05, 4.69) is 28.1 Å². The van der Waals surface area contributed by atoms with Gasteiger partial charge in [0.05, 0.1) is 29.7 Å². The third-order valence-corrected chi connectivity index (χ3v) is 12.3. The van der Waals surface area contributed by atoms with E-state index in [-0.39, 0.29) is 17.7 Å². The predicted molar refractivity (Wildman–Crippen MR) is 172 cm³/mol. The number of nitriles is 1. The molecule has 3 aromatic rings. The molecule has 2 spiro atoms. The van der Waals surface area contributed by atoms with Gasteiger partial charge in [-0.2, -0.15) is 10.2 Å². The standard InChI is InChI=1S/C33H41FN8O3S/c1-19(23-12-20(34)15-40(23)2)44-26-13-25(42-11-10-41(3)32(16-42)17-43-18-32)37-31(38-26)28-21-6-4-8-33(29(21)45-39-28)9-5-7-24-27(33)22(14-35)30(36)46-24/h13,19-20,23H,4-12,15-18,36H2,1-3H3/t19-,20+,23-,33-/m0/s1. The van der Waals surface area contributed by atoms with Gasteiger partial charge in [-0.1, -0.05) is 5.16 Å². The van der Waals surface area contributed by atoms with Crippen molar-refractivity contribution in [3.05, 3.63) is 33.4 Å². The van der Waals surface area contributed by atoms with Crippen molar-refractivity contribution in [3.63, 3.8) is 0 Å². The summed E-state index contributed by atoms with van der Waals surface area (Å²) in [6.07, 6.45) is 4.70. The van der Waals surface area contributed by atoms with Crippen LogP contribution in [0.5, 0.6) is 5.88 Å². The van der Waals surface area contributed by atoms with Crippen molar-refractivity contribution >= 4 is 22.2 Å². The molecule has 0 unspecified atom stereocenters. The molecule has 6 heterocycles. The number of anilines is 2. The van der Waals surface area contributed by atoms with E-state index in [0.717, 1.165) is 80.9 Å². The number of fused-ring (bicyclic) bond motifs is 4. The molecule has 8 rings (SSSR count). The second-order valence-corrected chi connectivity index (χ2v) is 15.1. The molecule has 3 saturated heterocycles. The lowest BCUT2D eigenvalue weighted by molar-refractivity contribution is -0.134. The first-order valence-electron chi connectivity index (χ1n) is 16.5. The predicted octanol–water partition coefficient (Wildman–Crippen LogP) is 3.94. The lowest BCUT2D eigenvalue weighted by Crippen LogP contribution is -2.70. The van der Waals surface area contributed by atoms with Gasteiger partial charge in [0.1, 0.15) is 29.2 Å². The van der Waals surface area contributed by atoms with Crippen LogP contribution in [0.15, 0.2) is 10.6 Å². The molecule has 5 aliphatic rings. The molecule has 2 aliphatic carbocycles. The molecule has 0 aromatic carbocycles. The van der Waals surface area contributed by atoms with Crippen LogP contribution >= 0.6 is 11.3 Å². The molecule has 2 N–H and O–H groups in total. The minimum absolute atomic E-state index is 0.0423. The molecule has 13 heteroatoms. The summed E-state index contributed by atoms with van der Waals surface area (Å²) >= 11 is 1.54. The Kier molecular flexibility index (Phi) is 7.28. The van der Waals surface area contributed by atoms with Gasteiger partial charge in [-0.3, -0.25) is 9.80 Å². The van der Waals surface area contributed by atoms with Crippen LogP contribution in [-0.4, -0.2) is 102 Å². The number of likely N-dealkylation sites (tertiary alicyclic amines) is 1. The Hall–Kier alpha value is -3.31. The van der Waals surface area contributed by atoms with E-state index in [1.54, 1.807) is 0 Å². The summed E-state index contributed by atoms with van der Waals surface area (Å²) in [6, 6.07) is 4.26. The molecule has 0 saturated carbocycles. The zero-order valence-electron chi connectivity index (χ0n) is 26.7. The number of piperazine rings is 1. The Morgan fingerprint density at radius 2 is 2.00 bits per heavy atom. The Morgan fingerprint density at radius 1 is 1.20 bits per heavy atom. The molecule has 46 heavy (non-hydrogen) atoms. The maximum Gasteiger partial charge on any atom is 0.219 e. The molecule has 4 atom stereocenters. The van der Waals surface area contributed by atoms with Crippen molar-refractivity contribution < 1.29 is 18.4 Å². The van der Waals surface area contributed by atoms with Crippen LogP contribution < -0.4 is 15.4 Å². The Labute approximate surface area is 272 Å². The number of aromatic nitrogens is 3. The third-order valence-electron chi connectivity index (χ3n) is 11.2. The zero-order valence-corrected chi connectivity index (χ0v) is 27.5. The highest BCUT2D eigenvalue weighted by Gasteiger charge is 2.49. The number of nitrogens with zero attached hydrogens (tertiary/aromatic N) is 7. The Bertz CT molecular complexity index is 1700. The van der Waals surface area contributed by atoms with Crippen molar-refractivity contribution in [2.24, 2.45) is 0 Å². The van der Waals surface area contributed by atoms with Crippen molar-refractivity contribution in [1.82, 2.24) is 24.9 Å². The van der Waals surface area contributed by atoms with Crippen LogP contribution in [0.4, 0.5) is 15.2 Å². The van der Waals surface area contributed by atoms with Gasteiger partial charge in [0.25, 0.3) is 0 Å². The molecular weight excluding hydrogens is 607 g/mol. The van der Waals surface area contributed by atoms with E-state index in [1.165, 1.54) is 16.2 Å². The summed E-state index contributed by atoms with van der Waals surface area (Å²) in [5.74, 6) is 2.50. The summed E-state index contributed by atoms with van der Waals surface area (Å²) < 4.78 is 32.7. The monoisotopic (exact) mass is 648 g/mol. The van der Waals surface area contributed by atoms with Gasteiger partial charge in [0, 0.05) is 48.7 Å². The summed E-state index contributed by atoms with van der Waals surface area (Å²) in [6.45, 7) is 6.24. The van der Waals surface area contributed by atoms with Gasteiger partial charge in [-0.25, -0.2) is 9.37 Å². The van der Waals surface area contributed by atoms with Gasteiger partial charge >= 0.3 is 0 Å². The quantitative estimate of drug-likeness (QED) is 0.432. The van der Waals surface area contributed by atoms with E-state index in [9.17, 15) is 9.65 Å². The molecule has 0 amide bonds. The first kappa shape index (κ1) is 30.1. The largest absolute Gasteiger partial charge is 0.473 e. The van der Waals surface area contributed by atoms with Crippen molar-refractivity contribution in [3.8, 4) is 23.5 Å². The van der Waals surface area contributed by atoms with Crippen molar-refractivity contribution in [1.29, 1.82) is 5.26 Å². The van der Waals surface area contributed by atoms with Gasteiger partial charge in [-0.15, -0.1) is 11.3 Å². The van der Waals surface area contributed by atoms with Gasteiger partial charge in [0.2, 0.25) is 5.88 Å². The Balaban J connectivity index is 1.20. The first-order chi connectivity index (χ1) is 22.2. The molecule has 11 nitrogen and oxygen atoms in total. The molecule has 3 aromatic heterocycles. The smallest absolute Gasteiger partial charge is 0.219 e. The van der Waals surface area contributed by atoms with E-state index in [0.29, 0.717) is 54.1 Å². The summed E-state index contributed by atoms with van der Waals surface area (Å²) in [5, 5.41) is 15.3.